The summed E-state index contributed by atoms with van der Waals surface area (Å²) in [5, 5.41) is 4.35. The number of fused-ring (bicyclic) bond motifs is 2. The summed E-state index contributed by atoms with van der Waals surface area (Å²) < 4.78 is 5.52. The highest BCUT2D eigenvalue weighted by molar-refractivity contribution is 7.99. The van der Waals surface area contributed by atoms with Gasteiger partial charge in [-0.15, -0.1) is 0 Å². The van der Waals surface area contributed by atoms with E-state index >= 15 is 0 Å². The second kappa shape index (κ2) is 7.28. The molecule has 0 radical (unpaired) electrons. The predicted octanol–water partition coefficient (Wildman–Crippen LogP) is 2.59. The molecule has 2 aromatic rings. The fraction of sp³-hybridized carbons (Fsp3) is 0.375. The number of anilines is 2. The van der Waals surface area contributed by atoms with Crippen molar-refractivity contribution in [2.75, 3.05) is 38.5 Å². The predicted molar refractivity (Wildman–Crippen MR) is 99.4 cm³/mol. The fourth-order valence-corrected chi connectivity index (χ4v) is 4.43. The van der Waals surface area contributed by atoms with E-state index in [-0.39, 0.29) is 0 Å². The van der Waals surface area contributed by atoms with Crippen LogP contribution in [-0.2, 0) is 6.54 Å². The number of nitrogens with one attached hydrogen (secondary N) is 2. The number of piperazine rings is 1. The molecular weight excluding hydrogens is 340 g/mol. The molecule has 3 heterocycles. The van der Waals surface area contributed by atoms with Crippen LogP contribution in [0.15, 0.2) is 40.5 Å². The second-order valence-electron chi connectivity index (χ2n) is 5.77. The Morgan fingerprint density at radius 2 is 2.04 bits per heavy atom. The van der Waals surface area contributed by atoms with Crippen molar-refractivity contribution < 1.29 is 0 Å². The lowest BCUT2D eigenvalue weighted by molar-refractivity contribution is 0.189. The molecule has 1 aromatic carbocycles. The van der Waals surface area contributed by atoms with Crippen molar-refractivity contribution in [3.05, 3.63) is 36.2 Å². The molecule has 0 spiro atoms. The highest BCUT2D eigenvalue weighted by Crippen LogP contribution is 2.42. The Morgan fingerprint density at radius 3 is 2.88 bits per heavy atom. The maximum Gasteiger partial charge on any atom is 0.163 e. The first-order valence-corrected chi connectivity index (χ1v) is 9.60. The Bertz CT molecular complexity index is 717. The van der Waals surface area contributed by atoms with Crippen molar-refractivity contribution in [3.8, 4) is 0 Å². The second-order valence-corrected chi connectivity index (χ2v) is 7.91. The quantitative estimate of drug-likeness (QED) is 0.689. The molecule has 0 aliphatic carbocycles. The lowest BCUT2D eigenvalue weighted by atomic mass is 10.1. The topological polar surface area (TPSA) is 56.3 Å². The molecule has 2 N–H and O–H groups in total. The van der Waals surface area contributed by atoms with Gasteiger partial charge in [-0.2, -0.15) is 0 Å². The zero-order valence-corrected chi connectivity index (χ0v) is 15.2. The molecule has 2 aliphatic heterocycles. The van der Waals surface area contributed by atoms with Gasteiger partial charge in [0.05, 0.1) is 5.69 Å². The molecule has 6 nitrogen and oxygen atoms in total. The molecule has 1 saturated heterocycles. The average Bonchev–Trinajstić information content (AvgIpc) is 2.62. The summed E-state index contributed by atoms with van der Waals surface area (Å²) in [6.45, 7) is 5.37. The molecule has 0 amide bonds. The van der Waals surface area contributed by atoms with Gasteiger partial charge in [0.1, 0.15) is 5.03 Å². The zero-order valence-electron chi connectivity index (χ0n) is 13.5. The minimum atomic E-state index is 0.852. The molecular formula is C16H20N6S2. The third kappa shape index (κ3) is 3.52. The normalized spacial score (nSPS) is 17.9. The van der Waals surface area contributed by atoms with E-state index in [1.54, 1.807) is 36.3 Å². The van der Waals surface area contributed by atoms with Crippen LogP contribution in [0.2, 0.25) is 0 Å². The molecule has 8 heteroatoms. The van der Waals surface area contributed by atoms with Crippen LogP contribution in [0.1, 0.15) is 5.56 Å². The molecule has 24 heavy (non-hydrogen) atoms. The van der Waals surface area contributed by atoms with Crippen molar-refractivity contribution in [1.29, 1.82) is 0 Å². The van der Waals surface area contributed by atoms with Crippen LogP contribution in [0, 0.1) is 0 Å². The Balaban J connectivity index is 1.42. The first-order valence-electron chi connectivity index (χ1n) is 8.01. The molecule has 0 bridgehead atoms. The number of hydrogen-bond donors (Lipinski definition) is 2. The van der Waals surface area contributed by atoms with Gasteiger partial charge in [-0.3, -0.25) is 9.62 Å². The van der Waals surface area contributed by atoms with Crippen LogP contribution in [0.5, 0.6) is 0 Å². The summed E-state index contributed by atoms with van der Waals surface area (Å²) in [6, 6.07) is 6.66. The lowest BCUT2D eigenvalue weighted by Crippen LogP contribution is -2.43. The summed E-state index contributed by atoms with van der Waals surface area (Å²) in [4.78, 5) is 12.5. The molecule has 0 saturated carbocycles. The monoisotopic (exact) mass is 360 g/mol. The van der Waals surface area contributed by atoms with Crippen LogP contribution in [-0.4, -0.2) is 52.4 Å². The van der Waals surface area contributed by atoms with Gasteiger partial charge in [-0.25, -0.2) is 14.3 Å². The Labute approximate surface area is 150 Å². The number of benzene rings is 1. The van der Waals surface area contributed by atoms with Crippen molar-refractivity contribution in [2.24, 2.45) is 0 Å². The Kier molecular flexibility index (Phi) is 4.91. The average molecular weight is 361 g/mol. The van der Waals surface area contributed by atoms with Gasteiger partial charge in [-0.05, 0) is 24.7 Å². The molecule has 4 rings (SSSR count). The fourth-order valence-electron chi connectivity index (χ4n) is 2.95. The Hall–Kier alpha value is -1.32. The molecule has 126 valence electrons. The first-order chi connectivity index (χ1) is 11.8. The maximum atomic E-state index is 4.37. The summed E-state index contributed by atoms with van der Waals surface area (Å²) in [6.07, 6.45) is 3.46. The van der Waals surface area contributed by atoms with Crippen LogP contribution < -0.4 is 10.0 Å². The van der Waals surface area contributed by atoms with Gasteiger partial charge in [0.15, 0.2) is 5.82 Å². The van der Waals surface area contributed by atoms with Crippen molar-refractivity contribution in [2.45, 2.75) is 16.5 Å². The van der Waals surface area contributed by atoms with Crippen LogP contribution >= 0.6 is 23.9 Å². The number of rotatable bonds is 4. The van der Waals surface area contributed by atoms with Crippen molar-refractivity contribution in [1.82, 2.24) is 23.9 Å². The van der Waals surface area contributed by atoms with Gasteiger partial charge in [0.25, 0.3) is 0 Å². The highest BCUT2D eigenvalue weighted by atomic mass is 32.2. The van der Waals surface area contributed by atoms with E-state index in [0.717, 1.165) is 49.3 Å². The van der Waals surface area contributed by atoms with E-state index in [0.29, 0.717) is 0 Å². The van der Waals surface area contributed by atoms with Crippen molar-refractivity contribution >= 4 is 35.4 Å². The van der Waals surface area contributed by atoms with Crippen LogP contribution in [0.25, 0.3) is 0 Å². The molecule has 0 atom stereocenters. The smallest absolute Gasteiger partial charge is 0.163 e. The first kappa shape index (κ1) is 16.2. The minimum absolute atomic E-state index is 0.852. The highest BCUT2D eigenvalue weighted by Gasteiger charge is 2.20. The van der Waals surface area contributed by atoms with Gasteiger partial charge in [-0.1, -0.05) is 17.8 Å². The number of hydrogen-bond acceptors (Lipinski definition) is 8. The minimum Gasteiger partial charge on any atom is -0.337 e. The molecule has 1 fully saturated rings. The van der Waals surface area contributed by atoms with Gasteiger partial charge in [0, 0.05) is 62.1 Å². The molecule has 2 aliphatic rings. The van der Waals surface area contributed by atoms with E-state index in [2.05, 4.69) is 47.4 Å². The Morgan fingerprint density at radius 1 is 1.21 bits per heavy atom. The van der Waals surface area contributed by atoms with E-state index in [1.807, 2.05) is 7.05 Å². The maximum absolute atomic E-state index is 4.37. The van der Waals surface area contributed by atoms with Crippen LogP contribution in [0.3, 0.4) is 0 Å². The zero-order chi connectivity index (χ0) is 16.4. The van der Waals surface area contributed by atoms with Gasteiger partial charge < -0.3 is 5.32 Å². The summed E-state index contributed by atoms with van der Waals surface area (Å²) in [5.74, 6) is 0.852. The summed E-state index contributed by atoms with van der Waals surface area (Å²) >= 11 is 3.38. The van der Waals surface area contributed by atoms with Crippen LogP contribution in [0.4, 0.5) is 11.5 Å². The molecule has 0 unspecified atom stereocenters. The number of nitrogens with zero attached hydrogens (tertiary/aromatic N) is 4. The van der Waals surface area contributed by atoms with E-state index < -0.39 is 0 Å². The lowest BCUT2D eigenvalue weighted by Gasteiger charge is -2.33. The van der Waals surface area contributed by atoms with E-state index in [1.165, 1.54) is 10.5 Å². The van der Waals surface area contributed by atoms with Gasteiger partial charge in [0.2, 0.25) is 0 Å². The largest absolute Gasteiger partial charge is 0.337 e. The van der Waals surface area contributed by atoms with Crippen molar-refractivity contribution in [3.63, 3.8) is 0 Å². The third-order valence-electron chi connectivity index (χ3n) is 4.13. The SMILES string of the molecule is CNSN1CCN(Cc2ccc3c(c2)Nc2nccnc2S3)CC1. The standard InChI is InChI=1S/C16H20N6S2/c1-17-24-22-8-6-21(7-9-22)11-12-2-3-14-13(10-12)20-15-16(23-14)19-5-4-18-15/h2-5,10,17H,6-9,11H2,1H3,(H,18,20). The third-order valence-corrected chi connectivity index (χ3v) is 6.00. The summed E-state index contributed by atoms with van der Waals surface area (Å²) in [5.41, 5.74) is 2.47. The molecule has 1 aromatic heterocycles. The van der Waals surface area contributed by atoms with Gasteiger partial charge >= 0.3 is 0 Å². The summed E-state index contributed by atoms with van der Waals surface area (Å²) in [7, 11) is 1.97. The number of aromatic nitrogens is 2. The van der Waals surface area contributed by atoms with E-state index in [4.69, 9.17) is 0 Å². The van der Waals surface area contributed by atoms with E-state index in [9.17, 15) is 0 Å².